The molecule has 0 saturated carbocycles. The molecule has 0 amide bonds. The standard InChI is InChI=1S/C13H15Br2N3O2/c1-7(16)3-9-4-10(14)13(11(15)5-9)19-6-12-17-8(2)20-18-12/h4-5,7H,3,6,16H2,1-2H3. The summed E-state index contributed by atoms with van der Waals surface area (Å²) >= 11 is 7.01. The Morgan fingerprint density at radius 3 is 2.50 bits per heavy atom. The van der Waals surface area contributed by atoms with Gasteiger partial charge in [-0.2, -0.15) is 4.98 Å². The van der Waals surface area contributed by atoms with Gasteiger partial charge < -0.3 is 15.0 Å². The second kappa shape index (κ2) is 6.69. The second-order valence-electron chi connectivity index (χ2n) is 4.59. The summed E-state index contributed by atoms with van der Waals surface area (Å²) in [6.07, 6.45) is 0.807. The van der Waals surface area contributed by atoms with Crippen molar-refractivity contribution in [2.45, 2.75) is 32.9 Å². The third kappa shape index (κ3) is 4.04. The number of ether oxygens (including phenoxy) is 1. The number of hydrogen-bond acceptors (Lipinski definition) is 5. The zero-order valence-corrected chi connectivity index (χ0v) is 14.4. The summed E-state index contributed by atoms with van der Waals surface area (Å²) in [4.78, 5) is 4.09. The SMILES string of the molecule is Cc1nc(COc2c(Br)cc(CC(C)N)cc2Br)no1. The van der Waals surface area contributed by atoms with Crippen LogP contribution in [0.4, 0.5) is 0 Å². The molecule has 2 aromatic rings. The Balaban J connectivity index is 2.11. The van der Waals surface area contributed by atoms with Gasteiger partial charge in [-0.25, -0.2) is 0 Å². The predicted octanol–water partition coefficient (Wildman–Crippen LogP) is 3.37. The number of hydrogen-bond donors (Lipinski definition) is 1. The van der Waals surface area contributed by atoms with E-state index in [2.05, 4.69) is 42.0 Å². The van der Waals surface area contributed by atoms with Gasteiger partial charge in [-0.3, -0.25) is 0 Å². The monoisotopic (exact) mass is 403 g/mol. The molecule has 0 aliphatic carbocycles. The molecular formula is C13H15Br2N3O2. The Morgan fingerprint density at radius 1 is 1.35 bits per heavy atom. The fraction of sp³-hybridized carbons (Fsp3) is 0.385. The van der Waals surface area contributed by atoms with Crippen LogP contribution < -0.4 is 10.5 Å². The quantitative estimate of drug-likeness (QED) is 0.826. The van der Waals surface area contributed by atoms with E-state index in [9.17, 15) is 0 Å². The van der Waals surface area contributed by atoms with E-state index in [0.29, 0.717) is 17.5 Å². The molecule has 0 aliphatic rings. The molecule has 0 saturated heterocycles. The Labute approximate surface area is 134 Å². The van der Waals surface area contributed by atoms with Crippen molar-refractivity contribution in [2.75, 3.05) is 0 Å². The van der Waals surface area contributed by atoms with Crippen molar-refractivity contribution in [3.8, 4) is 5.75 Å². The smallest absolute Gasteiger partial charge is 0.223 e. The summed E-state index contributed by atoms with van der Waals surface area (Å²) in [6.45, 7) is 3.97. The Bertz CT molecular complexity index is 576. The fourth-order valence-corrected chi connectivity index (χ4v) is 3.29. The van der Waals surface area contributed by atoms with E-state index >= 15 is 0 Å². The number of halogens is 2. The van der Waals surface area contributed by atoms with Gasteiger partial charge >= 0.3 is 0 Å². The first-order valence-electron chi connectivity index (χ1n) is 6.11. The van der Waals surface area contributed by atoms with Crippen molar-refractivity contribution >= 4 is 31.9 Å². The average Bonchev–Trinajstić information content (AvgIpc) is 2.73. The van der Waals surface area contributed by atoms with Crippen LogP contribution in [-0.2, 0) is 13.0 Å². The molecule has 0 spiro atoms. The first kappa shape index (κ1) is 15.5. The summed E-state index contributed by atoms with van der Waals surface area (Å²) in [7, 11) is 0. The lowest BCUT2D eigenvalue weighted by Gasteiger charge is -2.12. The van der Waals surface area contributed by atoms with Crippen LogP contribution >= 0.6 is 31.9 Å². The van der Waals surface area contributed by atoms with Gasteiger partial charge in [0.1, 0.15) is 5.75 Å². The molecule has 1 heterocycles. The van der Waals surface area contributed by atoms with Crippen LogP contribution in [0, 0.1) is 6.92 Å². The summed E-state index contributed by atoms with van der Waals surface area (Å²) in [5, 5.41) is 3.79. The molecule has 0 radical (unpaired) electrons. The van der Waals surface area contributed by atoms with Crippen LogP contribution in [0.5, 0.6) is 5.75 Å². The molecule has 2 rings (SSSR count). The third-order valence-corrected chi connectivity index (χ3v) is 3.71. The molecule has 2 N–H and O–H groups in total. The highest BCUT2D eigenvalue weighted by atomic mass is 79.9. The minimum absolute atomic E-state index is 0.114. The highest BCUT2D eigenvalue weighted by molar-refractivity contribution is 9.11. The van der Waals surface area contributed by atoms with E-state index in [1.54, 1.807) is 6.92 Å². The van der Waals surface area contributed by atoms with Crippen LogP contribution in [0.1, 0.15) is 24.2 Å². The topological polar surface area (TPSA) is 74.2 Å². The number of aryl methyl sites for hydroxylation is 1. The Kier molecular flexibility index (Phi) is 5.17. The van der Waals surface area contributed by atoms with E-state index in [0.717, 1.165) is 20.9 Å². The number of nitrogens with two attached hydrogens (primary N) is 1. The zero-order valence-electron chi connectivity index (χ0n) is 11.2. The van der Waals surface area contributed by atoms with E-state index in [1.807, 2.05) is 19.1 Å². The normalized spacial score (nSPS) is 12.4. The van der Waals surface area contributed by atoms with Gasteiger partial charge in [-0.15, -0.1) is 0 Å². The summed E-state index contributed by atoms with van der Waals surface area (Å²) in [5.74, 6) is 1.75. The van der Waals surface area contributed by atoms with Crippen LogP contribution in [0.25, 0.3) is 0 Å². The number of aromatic nitrogens is 2. The minimum atomic E-state index is 0.114. The molecule has 5 nitrogen and oxygen atoms in total. The van der Waals surface area contributed by atoms with Crippen LogP contribution in [0.3, 0.4) is 0 Å². The van der Waals surface area contributed by atoms with Gasteiger partial charge in [-0.05, 0) is 62.9 Å². The highest BCUT2D eigenvalue weighted by Gasteiger charge is 2.12. The molecule has 1 aromatic heterocycles. The minimum Gasteiger partial charge on any atom is -0.483 e. The van der Waals surface area contributed by atoms with Crippen molar-refractivity contribution in [3.63, 3.8) is 0 Å². The zero-order chi connectivity index (χ0) is 14.7. The first-order chi connectivity index (χ1) is 9.45. The molecule has 0 aliphatic heterocycles. The van der Waals surface area contributed by atoms with E-state index in [1.165, 1.54) is 0 Å². The van der Waals surface area contributed by atoms with Crippen LogP contribution in [0.2, 0.25) is 0 Å². The lowest BCUT2D eigenvalue weighted by Crippen LogP contribution is -2.17. The van der Waals surface area contributed by atoms with Crippen molar-refractivity contribution in [3.05, 3.63) is 38.4 Å². The molecule has 0 fully saturated rings. The van der Waals surface area contributed by atoms with Crippen LogP contribution in [0.15, 0.2) is 25.6 Å². The van der Waals surface area contributed by atoms with Crippen LogP contribution in [-0.4, -0.2) is 16.2 Å². The third-order valence-electron chi connectivity index (χ3n) is 2.53. The lowest BCUT2D eigenvalue weighted by molar-refractivity contribution is 0.282. The van der Waals surface area contributed by atoms with Gasteiger partial charge in [0.15, 0.2) is 6.61 Å². The van der Waals surface area contributed by atoms with Gasteiger partial charge in [-0.1, -0.05) is 5.16 Å². The summed E-state index contributed by atoms with van der Waals surface area (Å²) in [6, 6.07) is 4.12. The Hall–Kier alpha value is -0.920. The number of rotatable bonds is 5. The molecule has 7 heteroatoms. The molecule has 20 heavy (non-hydrogen) atoms. The number of benzene rings is 1. The van der Waals surface area contributed by atoms with Gasteiger partial charge in [0.25, 0.3) is 0 Å². The largest absolute Gasteiger partial charge is 0.483 e. The maximum Gasteiger partial charge on any atom is 0.223 e. The average molecular weight is 405 g/mol. The summed E-state index contributed by atoms with van der Waals surface area (Å²) < 4.78 is 12.3. The first-order valence-corrected chi connectivity index (χ1v) is 7.70. The Morgan fingerprint density at radius 2 is 2.00 bits per heavy atom. The molecule has 1 atom stereocenters. The molecule has 1 aromatic carbocycles. The lowest BCUT2D eigenvalue weighted by atomic mass is 10.1. The fourth-order valence-electron chi connectivity index (χ4n) is 1.78. The maximum atomic E-state index is 5.81. The second-order valence-corrected chi connectivity index (χ2v) is 6.30. The molecule has 1 unspecified atom stereocenters. The number of nitrogens with zero attached hydrogens (tertiary/aromatic N) is 2. The predicted molar refractivity (Wildman–Crippen MR) is 82.6 cm³/mol. The molecular weight excluding hydrogens is 390 g/mol. The van der Waals surface area contributed by atoms with Crippen molar-refractivity contribution in [2.24, 2.45) is 5.73 Å². The van der Waals surface area contributed by atoms with Crippen molar-refractivity contribution in [1.82, 2.24) is 10.1 Å². The van der Waals surface area contributed by atoms with Crippen molar-refractivity contribution in [1.29, 1.82) is 0 Å². The van der Waals surface area contributed by atoms with E-state index in [-0.39, 0.29) is 12.6 Å². The highest BCUT2D eigenvalue weighted by Crippen LogP contribution is 2.35. The van der Waals surface area contributed by atoms with Gasteiger partial charge in [0.05, 0.1) is 8.95 Å². The van der Waals surface area contributed by atoms with Crippen molar-refractivity contribution < 1.29 is 9.26 Å². The van der Waals surface area contributed by atoms with Gasteiger partial charge in [0, 0.05) is 13.0 Å². The van der Waals surface area contributed by atoms with Gasteiger partial charge in [0.2, 0.25) is 11.7 Å². The summed E-state index contributed by atoms with van der Waals surface area (Å²) in [5.41, 5.74) is 6.95. The molecule has 0 bridgehead atoms. The van der Waals surface area contributed by atoms with E-state index in [4.69, 9.17) is 15.0 Å². The molecule has 108 valence electrons. The maximum absolute atomic E-state index is 5.81. The van der Waals surface area contributed by atoms with E-state index < -0.39 is 0 Å².